The number of hydrogen-bond donors (Lipinski definition) is 0. The summed E-state index contributed by atoms with van der Waals surface area (Å²) >= 11 is 0. The van der Waals surface area contributed by atoms with Crippen LogP contribution in [0.3, 0.4) is 0 Å². The molecule has 0 spiro atoms. The van der Waals surface area contributed by atoms with Crippen molar-refractivity contribution in [2.45, 2.75) is 0 Å². The van der Waals surface area contributed by atoms with Crippen LogP contribution in [0.25, 0.3) is 10.9 Å². The molecular weight excluding hydrogens is 154 g/mol. The van der Waals surface area contributed by atoms with Gasteiger partial charge >= 0.3 is 0 Å². The normalized spacial score (nSPS) is 9.09. The minimum atomic E-state index is 0. The van der Waals surface area contributed by atoms with E-state index in [1.165, 1.54) is 5.39 Å². The van der Waals surface area contributed by atoms with E-state index in [1.807, 2.05) is 30.5 Å². The molecule has 0 bridgehead atoms. The summed E-state index contributed by atoms with van der Waals surface area (Å²) < 4.78 is 0. The Morgan fingerprint density at radius 3 is 2.45 bits per heavy atom. The van der Waals surface area contributed by atoms with Gasteiger partial charge in [-0.2, -0.15) is 0 Å². The molecule has 0 amide bonds. The van der Waals surface area contributed by atoms with Crippen molar-refractivity contribution in [3.8, 4) is 0 Å². The number of fused-ring (bicyclic) bond motifs is 1. The number of benzene rings is 1. The number of aromatic nitrogens is 1. The first-order valence-electron chi connectivity index (χ1n) is 3.26. The van der Waals surface area contributed by atoms with Gasteiger partial charge < -0.3 is 0 Å². The Bertz CT molecular complexity index is 281. The Labute approximate surface area is 72.5 Å². The molecule has 2 radical (unpaired) electrons. The van der Waals surface area contributed by atoms with Crippen LogP contribution in [0.2, 0.25) is 0 Å². The Balaban J connectivity index is 0.000000605. The van der Waals surface area contributed by atoms with Gasteiger partial charge in [-0.15, -0.1) is 0 Å². The fourth-order valence-corrected chi connectivity index (χ4v) is 1.02. The van der Waals surface area contributed by atoms with Crippen LogP contribution in [0.1, 0.15) is 0 Å². The predicted molar refractivity (Wildman–Crippen MR) is 49.3 cm³/mol. The van der Waals surface area contributed by atoms with E-state index in [0.717, 1.165) is 5.52 Å². The van der Waals surface area contributed by atoms with Gasteiger partial charge in [0.2, 0.25) is 0 Å². The Kier molecular flexibility index (Phi) is 2.49. The average molecular weight is 161 g/mol. The molecular formula is C9H7NS. The maximum absolute atomic E-state index is 4.18. The zero-order valence-corrected chi connectivity index (χ0v) is 6.71. The highest BCUT2D eigenvalue weighted by atomic mass is 32.1. The fourth-order valence-electron chi connectivity index (χ4n) is 1.02. The summed E-state index contributed by atoms with van der Waals surface area (Å²) in [5.41, 5.74) is 1.06. The van der Waals surface area contributed by atoms with Crippen molar-refractivity contribution in [1.82, 2.24) is 4.98 Å². The molecule has 0 aliphatic rings. The number of rotatable bonds is 0. The summed E-state index contributed by atoms with van der Waals surface area (Å²) in [5.74, 6) is 0. The average Bonchev–Trinajstić information content (AvgIpc) is 2.05. The topological polar surface area (TPSA) is 12.9 Å². The molecule has 0 saturated heterocycles. The van der Waals surface area contributed by atoms with Crippen LogP contribution >= 0.6 is 13.5 Å². The van der Waals surface area contributed by atoms with Crippen molar-refractivity contribution in [3.63, 3.8) is 0 Å². The minimum Gasteiger partial charge on any atom is -0.256 e. The molecule has 1 aromatic heterocycles. The molecule has 0 aliphatic heterocycles. The lowest BCUT2D eigenvalue weighted by Crippen LogP contribution is -1.73. The quantitative estimate of drug-likeness (QED) is 0.579. The first-order valence-corrected chi connectivity index (χ1v) is 3.26. The second kappa shape index (κ2) is 3.39. The molecule has 54 valence electrons. The lowest BCUT2D eigenvalue weighted by Gasteiger charge is -1.91. The van der Waals surface area contributed by atoms with Gasteiger partial charge in [0, 0.05) is 25.1 Å². The molecule has 0 atom stereocenters. The lowest BCUT2D eigenvalue weighted by molar-refractivity contribution is 1.41. The Morgan fingerprint density at radius 1 is 0.909 bits per heavy atom. The highest BCUT2D eigenvalue weighted by Gasteiger charge is 1.86. The van der Waals surface area contributed by atoms with Gasteiger partial charge in [0.15, 0.2) is 0 Å². The SMILES string of the molecule is [S].c1ccc2ncccc2c1. The molecule has 2 rings (SSSR count). The Morgan fingerprint density at radius 2 is 1.64 bits per heavy atom. The van der Waals surface area contributed by atoms with Crippen LogP contribution < -0.4 is 0 Å². The minimum absolute atomic E-state index is 0. The van der Waals surface area contributed by atoms with Crippen LogP contribution in [-0.2, 0) is 0 Å². The zero-order chi connectivity index (χ0) is 6.81. The summed E-state index contributed by atoms with van der Waals surface area (Å²) in [6, 6.07) is 12.1. The number of hydrogen-bond acceptors (Lipinski definition) is 1. The van der Waals surface area contributed by atoms with E-state index in [9.17, 15) is 0 Å². The molecule has 11 heavy (non-hydrogen) atoms. The second-order valence-corrected chi connectivity index (χ2v) is 2.20. The molecule has 1 aromatic carbocycles. The van der Waals surface area contributed by atoms with Crippen molar-refractivity contribution in [1.29, 1.82) is 0 Å². The highest BCUT2D eigenvalue weighted by molar-refractivity contribution is 7.59. The lowest BCUT2D eigenvalue weighted by atomic mass is 10.2. The van der Waals surface area contributed by atoms with Crippen molar-refractivity contribution in [3.05, 3.63) is 42.6 Å². The van der Waals surface area contributed by atoms with E-state index in [1.54, 1.807) is 0 Å². The first-order chi connectivity index (χ1) is 4.97. The molecule has 0 saturated carbocycles. The van der Waals surface area contributed by atoms with Crippen molar-refractivity contribution in [2.24, 2.45) is 0 Å². The van der Waals surface area contributed by atoms with Gasteiger partial charge in [0.05, 0.1) is 5.52 Å². The molecule has 0 aliphatic carbocycles. The van der Waals surface area contributed by atoms with Crippen LogP contribution in [0, 0.1) is 0 Å². The van der Waals surface area contributed by atoms with E-state index in [2.05, 4.69) is 17.1 Å². The standard InChI is InChI=1S/C9H7N.S/c1-2-6-9-8(4-1)5-3-7-10-9;/h1-7H;. The third-order valence-electron chi connectivity index (χ3n) is 1.51. The second-order valence-electron chi connectivity index (χ2n) is 2.20. The fraction of sp³-hybridized carbons (Fsp3) is 0. The number of para-hydroxylation sites is 1. The highest BCUT2D eigenvalue weighted by Crippen LogP contribution is 2.07. The van der Waals surface area contributed by atoms with Crippen molar-refractivity contribution < 1.29 is 0 Å². The summed E-state index contributed by atoms with van der Waals surface area (Å²) in [4.78, 5) is 4.18. The largest absolute Gasteiger partial charge is 0.256 e. The summed E-state index contributed by atoms with van der Waals surface area (Å²) in [6.45, 7) is 0. The van der Waals surface area contributed by atoms with Gasteiger partial charge in [-0.05, 0) is 12.1 Å². The monoisotopic (exact) mass is 161 g/mol. The van der Waals surface area contributed by atoms with E-state index in [4.69, 9.17) is 0 Å². The van der Waals surface area contributed by atoms with E-state index < -0.39 is 0 Å². The van der Waals surface area contributed by atoms with E-state index in [-0.39, 0.29) is 13.5 Å². The van der Waals surface area contributed by atoms with Crippen LogP contribution in [0.5, 0.6) is 0 Å². The predicted octanol–water partition coefficient (Wildman–Crippen LogP) is 2.88. The Hall–Kier alpha value is -1.02. The van der Waals surface area contributed by atoms with Crippen LogP contribution in [-0.4, -0.2) is 4.98 Å². The molecule has 0 N–H and O–H groups in total. The van der Waals surface area contributed by atoms with E-state index >= 15 is 0 Å². The molecule has 0 fully saturated rings. The summed E-state index contributed by atoms with van der Waals surface area (Å²) in [5, 5.41) is 1.20. The maximum atomic E-state index is 4.18. The first kappa shape index (κ1) is 8.08. The van der Waals surface area contributed by atoms with Crippen LogP contribution in [0.15, 0.2) is 42.6 Å². The van der Waals surface area contributed by atoms with Gasteiger partial charge in [0.1, 0.15) is 0 Å². The molecule has 2 aromatic rings. The van der Waals surface area contributed by atoms with Gasteiger partial charge in [0.25, 0.3) is 0 Å². The molecule has 1 heterocycles. The molecule has 2 heteroatoms. The van der Waals surface area contributed by atoms with Gasteiger partial charge in [-0.25, -0.2) is 0 Å². The van der Waals surface area contributed by atoms with Crippen molar-refractivity contribution >= 4 is 24.4 Å². The number of pyridine rings is 1. The third kappa shape index (κ3) is 1.52. The van der Waals surface area contributed by atoms with Crippen molar-refractivity contribution in [2.75, 3.05) is 0 Å². The molecule has 1 nitrogen and oxygen atoms in total. The maximum Gasteiger partial charge on any atom is 0.0701 e. The number of nitrogens with zero attached hydrogens (tertiary/aromatic N) is 1. The van der Waals surface area contributed by atoms with Gasteiger partial charge in [-0.1, -0.05) is 24.3 Å². The molecule has 0 unspecified atom stereocenters. The summed E-state index contributed by atoms with van der Waals surface area (Å²) in [7, 11) is 0. The van der Waals surface area contributed by atoms with E-state index in [0.29, 0.717) is 0 Å². The van der Waals surface area contributed by atoms with Gasteiger partial charge in [-0.3, -0.25) is 4.98 Å². The smallest absolute Gasteiger partial charge is 0.0701 e. The summed E-state index contributed by atoms with van der Waals surface area (Å²) in [6.07, 6.45) is 1.81. The third-order valence-corrected chi connectivity index (χ3v) is 1.51. The van der Waals surface area contributed by atoms with Crippen LogP contribution in [0.4, 0.5) is 0 Å². The zero-order valence-electron chi connectivity index (χ0n) is 5.90.